The van der Waals surface area contributed by atoms with Gasteiger partial charge < -0.3 is 5.11 Å². The minimum absolute atomic E-state index is 0.394. The van der Waals surface area contributed by atoms with E-state index in [2.05, 4.69) is 0 Å². The third kappa shape index (κ3) is 2.63. The fourth-order valence-corrected chi connectivity index (χ4v) is 1.81. The van der Waals surface area contributed by atoms with Gasteiger partial charge in [-0.25, -0.2) is 0 Å². The molecule has 0 aliphatic rings. The third-order valence-corrected chi connectivity index (χ3v) is 2.67. The predicted octanol–water partition coefficient (Wildman–Crippen LogP) is 3.15. The molecule has 2 rings (SSSR count). The van der Waals surface area contributed by atoms with Gasteiger partial charge in [0, 0.05) is 10.6 Å². The molecule has 0 radical (unpaired) electrons. The van der Waals surface area contributed by atoms with Crippen molar-refractivity contribution in [3.05, 3.63) is 47.0 Å². The number of rotatable bonds is 3. The number of halogens is 1. The molecule has 0 aliphatic heterocycles. The first kappa shape index (κ1) is 11.6. The lowest BCUT2D eigenvalue weighted by molar-refractivity contribution is -0.135. The van der Waals surface area contributed by atoms with Crippen molar-refractivity contribution in [3.63, 3.8) is 0 Å². The van der Waals surface area contributed by atoms with Gasteiger partial charge in [-0.15, -0.1) is 0 Å². The Morgan fingerprint density at radius 1 is 1.06 bits per heavy atom. The Hall–Kier alpha value is -1.87. The van der Waals surface area contributed by atoms with Crippen LogP contribution in [0.15, 0.2) is 36.4 Å². The van der Waals surface area contributed by atoms with Crippen LogP contribution in [0.25, 0.3) is 10.8 Å². The van der Waals surface area contributed by atoms with Crippen molar-refractivity contribution in [3.8, 4) is 0 Å². The molecular weight excluding hydrogens is 240 g/mol. The number of hydrogen-bond acceptors (Lipinski definition) is 2. The Labute approximate surface area is 103 Å². The Morgan fingerprint density at radius 3 is 2.41 bits per heavy atom. The number of fused-ring (bicyclic) bond motifs is 1. The molecule has 0 amide bonds. The summed E-state index contributed by atoms with van der Waals surface area (Å²) in [6.45, 7) is 0. The van der Waals surface area contributed by atoms with Crippen LogP contribution in [0, 0.1) is 0 Å². The average Bonchev–Trinajstić information content (AvgIpc) is 2.27. The lowest BCUT2D eigenvalue weighted by Crippen LogP contribution is -2.06. The van der Waals surface area contributed by atoms with Gasteiger partial charge in [0.2, 0.25) is 0 Å². The van der Waals surface area contributed by atoms with Crippen molar-refractivity contribution in [2.75, 3.05) is 0 Å². The highest BCUT2D eigenvalue weighted by molar-refractivity contribution is 6.31. The SMILES string of the molecule is O=C(O)CC(=O)c1ccc2cc(Cl)ccc2c1. The van der Waals surface area contributed by atoms with Gasteiger partial charge in [-0.05, 0) is 29.0 Å². The molecule has 2 aromatic rings. The Bertz CT molecular complexity index is 605. The molecule has 86 valence electrons. The maximum Gasteiger partial charge on any atom is 0.311 e. The number of Topliss-reactive ketones (excluding diaryl/α,β-unsaturated/α-hetero) is 1. The molecule has 4 heteroatoms. The van der Waals surface area contributed by atoms with Crippen LogP contribution in [0.2, 0.25) is 5.02 Å². The van der Waals surface area contributed by atoms with Crippen molar-refractivity contribution in [2.45, 2.75) is 6.42 Å². The second kappa shape index (κ2) is 4.55. The van der Waals surface area contributed by atoms with Gasteiger partial charge >= 0.3 is 5.97 Å². The largest absolute Gasteiger partial charge is 0.481 e. The summed E-state index contributed by atoms with van der Waals surface area (Å²) in [6.07, 6.45) is -0.487. The first-order chi connectivity index (χ1) is 8.06. The van der Waals surface area contributed by atoms with Crippen molar-refractivity contribution in [1.82, 2.24) is 0 Å². The topological polar surface area (TPSA) is 54.4 Å². The number of benzene rings is 2. The summed E-state index contributed by atoms with van der Waals surface area (Å²) in [5.74, 6) is -1.51. The number of hydrogen-bond donors (Lipinski definition) is 1. The maximum atomic E-state index is 11.6. The monoisotopic (exact) mass is 248 g/mol. The fraction of sp³-hybridized carbons (Fsp3) is 0.0769. The molecule has 0 saturated carbocycles. The van der Waals surface area contributed by atoms with Gasteiger partial charge in [0.15, 0.2) is 5.78 Å². The molecule has 0 saturated heterocycles. The van der Waals surface area contributed by atoms with E-state index >= 15 is 0 Å². The van der Waals surface area contributed by atoms with Gasteiger partial charge in [-0.3, -0.25) is 9.59 Å². The normalized spacial score (nSPS) is 10.4. The van der Waals surface area contributed by atoms with E-state index in [0.717, 1.165) is 10.8 Å². The first-order valence-electron chi connectivity index (χ1n) is 5.00. The van der Waals surface area contributed by atoms with Crippen LogP contribution in [0.5, 0.6) is 0 Å². The molecule has 3 nitrogen and oxygen atoms in total. The van der Waals surface area contributed by atoms with Crippen LogP contribution < -0.4 is 0 Å². The van der Waals surface area contributed by atoms with Crippen LogP contribution in [-0.4, -0.2) is 16.9 Å². The minimum Gasteiger partial charge on any atom is -0.481 e. The highest BCUT2D eigenvalue weighted by Gasteiger charge is 2.10. The van der Waals surface area contributed by atoms with Crippen LogP contribution in [0.3, 0.4) is 0 Å². The summed E-state index contributed by atoms with van der Waals surface area (Å²) in [6, 6.07) is 10.4. The van der Waals surface area contributed by atoms with E-state index in [4.69, 9.17) is 16.7 Å². The van der Waals surface area contributed by atoms with E-state index in [1.165, 1.54) is 0 Å². The van der Waals surface area contributed by atoms with Gasteiger partial charge in [0.05, 0.1) is 0 Å². The summed E-state index contributed by atoms with van der Waals surface area (Å²) >= 11 is 5.85. The molecule has 0 bridgehead atoms. The van der Waals surface area contributed by atoms with Crippen LogP contribution in [0.4, 0.5) is 0 Å². The zero-order valence-electron chi connectivity index (χ0n) is 8.81. The molecule has 0 heterocycles. The molecule has 0 spiro atoms. The van der Waals surface area contributed by atoms with E-state index in [1.54, 1.807) is 36.4 Å². The summed E-state index contributed by atoms with van der Waals surface area (Å²) in [5, 5.41) is 11.0. The highest BCUT2D eigenvalue weighted by Crippen LogP contribution is 2.21. The molecule has 0 aromatic heterocycles. The summed E-state index contributed by atoms with van der Waals surface area (Å²) < 4.78 is 0. The zero-order valence-corrected chi connectivity index (χ0v) is 9.57. The van der Waals surface area contributed by atoms with E-state index < -0.39 is 18.2 Å². The Morgan fingerprint density at radius 2 is 1.71 bits per heavy atom. The molecule has 1 N–H and O–H groups in total. The predicted molar refractivity (Wildman–Crippen MR) is 65.5 cm³/mol. The lowest BCUT2D eigenvalue weighted by atomic mass is 10.0. The van der Waals surface area contributed by atoms with E-state index in [0.29, 0.717) is 10.6 Å². The molecule has 2 aromatic carbocycles. The lowest BCUT2D eigenvalue weighted by Gasteiger charge is -2.02. The number of carboxylic acids is 1. The number of ketones is 1. The van der Waals surface area contributed by atoms with Gasteiger partial charge in [0.1, 0.15) is 6.42 Å². The smallest absolute Gasteiger partial charge is 0.311 e. The third-order valence-electron chi connectivity index (χ3n) is 2.44. The summed E-state index contributed by atoms with van der Waals surface area (Å²) in [4.78, 5) is 22.0. The highest BCUT2D eigenvalue weighted by atomic mass is 35.5. The number of carboxylic acid groups (broad SMARTS) is 1. The maximum absolute atomic E-state index is 11.6. The minimum atomic E-state index is -1.12. The standard InChI is InChI=1S/C13H9ClO3/c14-11-4-3-8-5-10(2-1-9(8)6-11)12(15)7-13(16)17/h1-6H,7H2,(H,16,17). The molecule has 0 aliphatic carbocycles. The van der Waals surface area contributed by atoms with Crippen LogP contribution in [-0.2, 0) is 4.79 Å². The van der Waals surface area contributed by atoms with Crippen molar-refractivity contribution < 1.29 is 14.7 Å². The molecule has 17 heavy (non-hydrogen) atoms. The van der Waals surface area contributed by atoms with Crippen molar-refractivity contribution in [1.29, 1.82) is 0 Å². The zero-order chi connectivity index (χ0) is 12.4. The Balaban J connectivity index is 2.41. The van der Waals surface area contributed by atoms with Gasteiger partial charge in [-0.2, -0.15) is 0 Å². The molecule has 0 atom stereocenters. The van der Waals surface area contributed by atoms with E-state index in [-0.39, 0.29) is 0 Å². The summed E-state index contributed by atoms with van der Waals surface area (Å²) in [5.41, 5.74) is 0.405. The van der Waals surface area contributed by atoms with Gasteiger partial charge in [0.25, 0.3) is 0 Å². The molecule has 0 fully saturated rings. The van der Waals surface area contributed by atoms with Crippen LogP contribution in [0.1, 0.15) is 16.8 Å². The number of carbonyl (C=O) groups is 2. The Kier molecular flexibility index (Phi) is 3.11. The van der Waals surface area contributed by atoms with Crippen molar-refractivity contribution >= 4 is 34.1 Å². The quantitative estimate of drug-likeness (QED) is 0.671. The van der Waals surface area contributed by atoms with Gasteiger partial charge in [-0.1, -0.05) is 29.8 Å². The second-order valence-corrected chi connectivity index (χ2v) is 4.14. The first-order valence-corrected chi connectivity index (χ1v) is 5.38. The number of aliphatic carboxylic acids is 1. The van der Waals surface area contributed by atoms with E-state index in [1.807, 2.05) is 0 Å². The second-order valence-electron chi connectivity index (χ2n) is 3.70. The summed E-state index contributed by atoms with van der Waals surface area (Å²) in [7, 11) is 0. The molecule has 0 unspecified atom stereocenters. The van der Waals surface area contributed by atoms with Crippen LogP contribution >= 0.6 is 11.6 Å². The van der Waals surface area contributed by atoms with Crippen molar-refractivity contribution in [2.24, 2.45) is 0 Å². The van der Waals surface area contributed by atoms with E-state index in [9.17, 15) is 9.59 Å². The average molecular weight is 249 g/mol. The number of carbonyl (C=O) groups excluding carboxylic acids is 1. The molecular formula is C13H9ClO3. The fourth-order valence-electron chi connectivity index (χ4n) is 1.63.